The first-order valence-electron chi connectivity index (χ1n) is 10.8. The van der Waals surface area contributed by atoms with E-state index >= 15 is 0 Å². The molecule has 1 aromatic heterocycles. The molecule has 1 saturated heterocycles. The Kier molecular flexibility index (Phi) is 5.17. The highest BCUT2D eigenvalue weighted by Gasteiger charge is 2.39. The molecule has 5 rings (SSSR count). The van der Waals surface area contributed by atoms with Crippen LogP contribution < -0.4 is 10.6 Å². The molecule has 8 nitrogen and oxygen atoms in total. The molecule has 1 fully saturated rings. The van der Waals surface area contributed by atoms with Gasteiger partial charge in [0.25, 0.3) is 11.8 Å². The van der Waals surface area contributed by atoms with Gasteiger partial charge in [-0.2, -0.15) is 0 Å². The number of anilines is 1. The molecule has 9 heteroatoms. The van der Waals surface area contributed by atoms with Crippen LogP contribution >= 0.6 is 11.6 Å². The number of piperidine rings is 1. The van der Waals surface area contributed by atoms with Gasteiger partial charge in [0.05, 0.1) is 10.5 Å². The lowest BCUT2D eigenvalue weighted by molar-refractivity contribution is -0.136. The van der Waals surface area contributed by atoms with Crippen LogP contribution in [0.2, 0.25) is 5.02 Å². The average Bonchev–Trinajstić information content (AvgIpc) is 3.32. The Labute approximate surface area is 194 Å². The van der Waals surface area contributed by atoms with E-state index in [1.54, 1.807) is 24.3 Å². The number of hydrogen-bond acceptors (Lipinski definition) is 4. The van der Waals surface area contributed by atoms with Gasteiger partial charge in [0.1, 0.15) is 11.7 Å². The third kappa shape index (κ3) is 3.56. The number of aromatic amines is 1. The standard InChI is InChI=1S/C24H21ClN4O4/c1-2-14-16-4-3-5-17(25)20(16)28-21(14)23(32)26-13-6-7-15-12(10-13)11-29(24(15)33)18-8-9-19(30)27-22(18)31/h3-7,10,18,28H,2,8-9,11H2,1H3,(H,26,32)(H,27,30,31). The predicted molar refractivity (Wildman–Crippen MR) is 123 cm³/mol. The molecule has 2 aliphatic heterocycles. The molecule has 0 spiro atoms. The number of carbonyl (C=O) groups is 4. The number of amides is 4. The van der Waals surface area contributed by atoms with Gasteiger partial charge >= 0.3 is 0 Å². The fraction of sp³-hybridized carbons (Fsp3) is 0.250. The molecular weight excluding hydrogens is 444 g/mol. The second-order valence-corrected chi connectivity index (χ2v) is 8.63. The summed E-state index contributed by atoms with van der Waals surface area (Å²) in [4.78, 5) is 54.2. The first kappa shape index (κ1) is 21.2. The molecule has 4 amide bonds. The van der Waals surface area contributed by atoms with E-state index in [4.69, 9.17) is 11.6 Å². The first-order chi connectivity index (χ1) is 15.9. The van der Waals surface area contributed by atoms with Gasteiger partial charge in [0.2, 0.25) is 11.8 Å². The van der Waals surface area contributed by atoms with E-state index in [1.165, 1.54) is 4.90 Å². The number of benzene rings is 2. The van der Waals surface area contributed by atoms with Gasteiger partial charge in [0.15, 0.2) is 0 Å². The summed E-state index contributed by atoms with van der Waals surface area (Å²) < 4.78 is 0. The minimum Gasteiger partial charge on any atom is -0.349 e. The smallest absolute Gasteiger partial charge is 0.272 e. The largest absolute Gasteiger partial charge is 0.349 e. The Morgan fingerprint density at radius 2 is 2.03 bits per heavy atom. The molecule has 3 heterocycles. The quantitative estimate of drug-likeness (QED) is 0.514. The highest BCUT2D eigenvalue weighted by Crippen LogP contribution is 2.31. The number of hydrogen-bond donors (Lipinski definition) is 3. The molecule has 3 N–H and O–H groups in total. The molecule has 1 unspecified atom stereocenters. The molecule has 1 atom stereocenters. The van der Waals surface area contributed by atoms with E-state index in [1.807, 2.05) is 19.1 Å². The maximum Gasteiger partial charge on any atom is 0.272 e. The number of imide groups is 1. The third-order valence-corrected chi connectivity index (χ3v) is 6.57. The SMILES string of the molecule is CCc1c(C(=O)Nc2ccc3c(c2)CN(C2CCC(=O)NC2=O)C3=O)[nH]c2c(Cl)cccc12. The van der Waals surface area contributed by atoms with Gasteiger partial charge < -0.3 is 15.2 Å². The lowest BCUT2D eigenvalue weighted by Crippen LogP contribution is -2.52. The zero-order chi connectivity index (χ0) is 23.3. The maximum atomic E-state index is 13.1. The molecule has 0 saturated carbocycles. The summed E-state index contributed by atoms with van der Waals surface area (Å²) in [6.45, 7) is 2.22. The summed E-state index contributed by atoms with van der Waals surface area (Å²) in [5, 5.41) is 6.65. The minimum atomic E-state index is -0.677. The summed E-state index contributed by atoms with van der Waals surface area (Å²) in [6.07, 6.45) is 1.16. The average molecular weight is 465 g/mol. The normalized spacial score (nSPS) is 17.9. The van der Waals surface area contributed by atoms with Gasteiger partial charge in [-0.1, -0.05) is 30.7 Å². The molecule has 2 aliphatic rings. The number of rotatable bonds is 4. The molecule has 0 aliphatic carbocycles. The van der Waals surface area contributed by atoms with Crippen LogP contribution in [0.3, 0.4) is 0 Å². The first-order valence-corrected chi connectivity index (χ1v) is 11.1. The predicted octanol–water partition coefficient (Wildman–Crippen LogP) is 3.40. The molecule has 168 valence electrons. The van der Waals surface area contributed by atoms with E-state index in [0.717, 1.165) is 22.0 Å². The minimum absolute atomic E-state index is 0.201. The molecule has 3 aromatic rings. The van der Waals surface area contributed by atoms with Gasteiger partial charge in [0, 0.05) is 29.6 Å². The highest BCUT2D eigenvalue weighted by atomic mass is 35.5. The maximum absolute atomic E-state index is 13.1. The fourth-order valence-corrected chi connectivity index (χ4v) is 4.87. The zero-order valence-corrected chi connectivity index (χ0v) is 18.6. The van der Waals surface area contributed by atoms with Crippen LogP contribution in [0.4, 0.5) is 5.69 Å². The van der Waals surface area contributed by atoms with E-state index in [2.05, 4.69) is 15.6 Å². The van der Waals surface area contributed by atoms with Gasteiger partial charge in [-0.3, -0.25) is 24.5 Å². The van der Waals surface area contributed by atoms with E-state index in [0.29, 0.717) is 34.8 Å². The number of aryl methyl sites for hydroxylation is 1. The number of carbonyl (C=O) groups excluding carboxylic acids is 4. The molecule has 2 aromatic carbocycles. The Morgan fingerprint density at radius 1 is 1.21 bits per heavy atom. The monoisotopic (exact) mass is 464 g/mol. The molecule has 0 bridgehead atoms. The van der Waals surface area contributed by atoms with Crippen molar-refractivity contribution in [1.29, 1.82) is 0 Å². The van der Waals surface area contributed by atoms with Crippen molar-refractivity contribution in [2.45, 2.75) is 38.8 Å². The van der Waals surface area contributed by atoms with Crippen molar-refractivity contribution in [2.24, 2.45) is 0 Å². The van der Waals surface area contributed by atoms with Crippen molar-refractivity contribution in [3.05, 3.63) is 63.8 Å². The number of aromatic nitrogens is 1. The van der Waals surface area contributed by atoms with E-state index < -0.39 is 11.9 Å². The van der Waals surface area contributed by atoms with Gasteiger partial charge in [-0.15, -0.1) is 0 Å². The number of para-hydroxylation sites is 1. The van der Waals surface area contributed by atoms with Crippen LogP contribution in [0.5, 0.6) is 0 Å². The number of nitrogens with one attached hydrogen (secondary N) is 3. The number of H-pyrrole nitrogens is 1. The van der Waals surface area contributed by atoms with Crippen LogP contribution in [-0.4, -0.2) is 39.6 Å². The summed E-state index contributed by atoms with van der Waals surface area (Å²) >= 11 is 6.29. The number of nitrogens with zero attached hydrogens (tertiary/aromatic N) is 1. The fourth-order valence-electron chi connectivity index (χ4n) is 4.64. The molecular formula is C24H21ClN4O4. The lowest BCUT2D eigenvalue weighted by Gasteiger charge is -2.29. The number of fused-ring (bicyclic) bond motifs is 2. The Hall–Kier alpha value is -3.65. The van der Waals surface area contributed by atoms with E-state index in [-0.39, 0.29) is 30.7 Å². The second-order valence-electron chi connectivity index (χ2n) is 8.22. The van der Waals surface area contributed by atoms with Crippen LogP contribution in [-0.2, 0) is 22.6 Å². The Morgan fingerprint density at radius 3 is 2.79 bits per heavy atom. The van der Waals surface area contributed by atoms with Crippen molar-refractivity contribution in [3.63, 3.8) is 0 Å². The van der Waals surface area contributed by atoms with Crippen molar-refractivity contribution in [1.82, 2.24) is 15.2 Å². The summed E-state index contributed by atoms with van der Waals surface area (Å²) in [5.74, 6) is -1.33. The summed E-state index contributed by atoms with van der Waals surface area (Å²) in [6, 6.07) is 9.95. The highest BCUT2D eigenvalue weighted by molar-refractivity contribution is 6.35. The topological polar surface area (TPSA) is 111 Å². The van der Waals surface area contributed by atoms with Crippen LogP contribution in [0, 0.1) is 0 Å². The summed E-state index contributed by atoms with van der Waals surface area (Å²) in [5.41, 5.74) is 3.80. The van der Waals surface area contributed by atoms with Crippen LogP contribution in [0.15, 0.2) is 36.4 Å². The van der Waals surface area contributed by atoms with Crippen molar-refractivity contribution >= 4 is 51.8 Å². The van der Waals surface area contributed by atoms with Crippen molar-refractivity contribution < 1.29 is 19.2 Å². The second kappa shape index (κ2) is 8.04. The lowest BCUT2D eigenvalue weighted by atomic mass is 10.0. The third-order valence-electron chi connectivity index (χ3n) is 6.25. The van der Waals surface area contributed by atoms with Gasteiger partial charge in [-0.25, -0.2) is 0 Å². The van der Waals surface area contributed by atoms with Crippen molar-refractivity contribution in [3.8, 4) is 0 Å². The van der Waals surface area contributed by atoms with Crippen molar-refractivity contribution in [2.75, 3.05) is 5.32 Å². The van der Waals surface area contributed by atoms with Gasteiger partial charge in [-0.05, 0) is 48.2 Å². The Bertz CT molecular complexity index is 1350. The zero-order valence-electron chi connectivity index (χ0n) is 17.8. The van der Waals surface area contributed by atoms with Crippen LogP contribution in [0.25, 0.3) is 10.9 Å². The molecule has 0 radical (unpaired) electrons. The Balaban J connectivity index is 1.39. The van der Waals surface area contributed by atoms with E-state index in [9.17, 15) is 19.2 Å². The van der Waals surface area contributed by atoms with Crippen LogP contribution in [0.1, 0.15) is 51.7 Å². The number of halogens is 1. The summed E-state index contributed by atoms with van der Waals surface area (Å²) in [7, 11) is 0. The molecule has 33 heavy (non-hydrogen) atoms.